The molecule has 5 heteroatoms. The molecule has 0 atom stereocenters. The normalized spacial score (nSPS) is 13.1. The SMILES string of the molecule is CN(Cc1cnn(-c2ccccc2)c1)CN1C(=O)c2cccc3cccc1c23. The van der Waals surface area contributed by atoms with Gasteiger partial charge in [-0.1, -0.05) is 42.5 Å². The fraction of sp³-hybridized carbons (Fsp3) is 0.130. The van der Waals surface area contributed by atoms with Crippen molar-refractivity contribution in [1.82, 2.24) is 14.7 Å². The lowest BCUT2D eigenvalue weighted by molar-refractivity contribution is 0.0977. The smallest absolute Gasteiger partial charge is 0.260 e. The number of benzene rings is 3. The highest BCUT2D eigenvalue weighted by molar-refractivity contribution is 6.24. The van der Waals surface area contributed by atoms with Crippen molar-refractivity contribution in [1.29, 1.82) is 0 Å². The molecule has 1 aromatic heterocycles. The van der Waals surface area contributed by atoms with Crippen LogP contribution >= 0.6 is 0 Å². The molecule has 5 rings (SSSR count). The Kier molecular flexibility index (Phi) is 3.95. The topological polar surface area (TPSA) is 41.4 Å². The van der Waals surface area contributed by atoms with Gasteiger partial charge in [0.1, 0.15) is 0 Å². The van der Waals surface area contributed by atoms with Gasteiger partial charge >= 0.3 is 0 Å². The van der Waals surface area contributed by atoms with E-state index in [9.17, 15) is 4.79 Å². The predicted octanol–water partition coefficient (Wildman–Crippen LogP) is 4.08. The summed E-state index contributed by atoms with van der Waals surface area (Å²) >= 11 is 0. The highest BCUT2D eigenvalue weighted by Crippen LogP contribution is 2.37. The van der Waals surface area contributed by atoms with Crippen LogP contribution in [0.15, 0.2) is 79.1 Å². The number of aromatic nitrogens is 2. The standard InChI is InChI=1S/C23H20N4O/c1-25(14-17-13-24-27(15-17)19-9-3-2-4-10-19)16-26-21-12-6-8-18-7-5-11-20(22(18)21)23(26)28/h2-13,15H,14,16H2,1H3. The number of carbonyl (C=O) groups is 1. The van der Waals surface area contributed by atoms with Crippen LogP contribution in [0.4, 0.5) is 5.69 Å². The number of nitrogens with zero attached hydrogens (tertiary/aromatic N) is 4. The fourth-order valence-electron chi connectivity index (χ4n) is 3.89. The van der Waals surface area contributed by atoms with E-state index >= 15 is 0 Å². The summed E-state index contributed by atoms with van der Waals surface area (Å²) in [6, 6.07) is 22.1. The zero-order valence-corrected chi connectivity index (χ0v) is 15.6. The van der Waals surface area contributed by atoms with Crippen LogP contribution in [0.3, 0.4) is 0 Å². The Hall–Kier alpha value is -3.44. The van der Waals surface area contributed by atoms with E-state index in [0.717, 1.165) is 33.3 Å². The van der Waals surface area contributed by atoms with Gasteiger partial charge in [-0.2, -0.15) is 5.10 Å². The molecule has 0 unspecified atom stereocenters. The highest BCUT2D eigenvalue weighted by Gasteiger charge is 2.30. The summed E-state index contributed by atoms with van der Waals surface area (Å²) in [5.41, 5.74) is 3.92. The van der Waals surface area contributed by atoms with Crippen molar-refractivity contribution in [2.75, 3.05) is 18.6 Å². The van der Waals surface area contributed by atoms with Crippen LogP contribution < -0.4 is 4.90 Å². The Morgan fingerprint density at radius 3 is 2.57 bits per heavy atom. The monoisotopic (exact) mass is 368 g/mol. The lowest BCUT2D eigenvalue weighted by Crippen LogP contribution is -2.37. The van der Waals surface area contributed by atoms with Gasteiger partial charge in [-0.05, 0) is 36.7 Å². The minimum Gasteiger partial charge on any atom is -0.294 e. The van der Waals surface area contributed by atoms with E-state index < -0.39 is 0 Å². The molecule has 4 aromatic rings. The van der Waals surface area contributed by atoms with Gasteiger partial charge in [0.15, 0.2) is 0 Å². The lowest BCUT2D eigenvalue weighted by atomic mass is 10.1. The van der Waals surface area contributed by atoms with Crippen LogP contribution in [0.2, 0.25) is 0 Å². The summed E-state index contributed by atoms with van der Waals surface area (Å²) < 4.78 is 1.88. The van der Waals surface area contributed by atoms with E-state index in [-0.39, 0.29) is 5.91 Å². The average molecular weight is 368 g/mol. The van der Waals surface area contributed by atoms with Gasteiger partial charge in [-0.3, -0.25) is 14.6 Å². The molecule has 0 radical (unpaired) electrons. The third-order valence-electron chi connectivity index (χ3n) is 5.14. The van der Waals surface area contributed by atoms with Crippen molar-refractivity contribution in [2.24, 2.45) is 0 Å². The molecule has 2 heterocycles. The van der Waals surface area contributed by atoms with Crippen molar-refractivity contribution >= 4 is 22.4 Å². The number of rotatable bonds is 5. The van der Waals surface area contributed by atoms with E-state index in [2.05, 4.69) is 22.1 Å². The maximum Gasteiger partial charge on any atom is 0.260 e. The quantitative estimate of drug-likeness (QED) is 0.533. The van der Waals surface area contributed by atoms with Crippen molar-refractivity contribution in [3.05, 3.63) is 90.3 Å². The maximum absolute atomic E-state index is 12.9. The molecule has 0 saturated heterocycles. The van der Waals surface area contributed by atoms with Gasteiger partial charge in [0.25, 0.3) is 5.91 Å². The number of hydrogen-bond donors (Lipinski definition) is 0. The molecule has 0 aliphatic carbocycles. The van der Waals surface area contributed by atoms with Crippen LogP contribution in [0.5, 0.6) is 0 Å². The van der Waals surface area contributed by atoms with E-state index in [4.69, 9.17) is 0 Å². The number of para-hydroxylation sites is 1. The predicted molar refractivity (Wildman–Crippen MR) is 111 cm³/mol. The zero-order valence-electron chi connectivity index (χ0n) is 15.6. The van der Waals surface area contributed by atoms with Crippen molar-refractivity contribution < 1.29 is 4.79 Å². The van der Waals surface area contributed by atoms with E-state index in [1.165, 1.54) is 0 Å². The summed E-state index contributed by atoms with van der Waals surface area (Å²) in [7, 11) is 2.02. The summed E-state index contributed by atoms with van der Waals surface area (Å²) in [5.74, 6) is 0.0682. The summed E-state index contributed by atoms with van der Waals surface area (Å²) in [6.07, 6.45) is 3.91. The summed E-state index contributed by atoms with van der Waals surface area (Å²) in [5, 5.41) is 6.62. The molecular weight excluding hydrogens is 348 g/mol. The molecule has 28 heavy (non-hydrogen) atoms. The van der Waals surface area contributed by atoms with Crippen LogP contribution in [0.25, 0.3) is 16.5 Å². The second kappa shape index (κ2) is 6.62. The van der Waals surface area contributed by atoms with E-state index in [0.29, 0.717) is 13.2 Å². The van der Waals surface area contributed by atoms with Gasteiger partial charge in [-0.15, -0.1) is 0 Å². The van der Waals surface area contributed by atoms with Crippen LogP contribution in [0.1, 0.15) is 15.9 Å². The molecule has 0 fully saturated rings. The molecule has 0 saturated carbocycles. The van der Waals surface area contributed by atoms with Gasteiger partial charge in [-0.25, -0.2) is 4.68 Å². The number of hydrogen-bond acceptors (Lipinski definition) is 3. The zero-order chi connectivity index (χ0) is 19.1. The van der Waals surface area contributed by atoms with Crippen molar-refractivity contribution in [3.63, 3.8) is 0 Å². The van der Waals surface area contributed by atoms with Gasteiger partial charge in [0, 0.05) is 29.3 Å². The minimum absolute atomic E-state index is 0.0682. The first-order valence-corrected chi connectivity index (χ1v) is 9.32. The second-order valence-corrected chi connectivity index (χ2v) is 7.20. The Morgan fingerprint density at radius 2 is 1.75 bits per heavy atom. The lowest BCUT2D eigenvalue weighted by Gasteiger charge is -2.24. The molecular formula is C23H20N4O. The van der Waals surface area contributed by atoms with Crippen molar-refractivity contribution in [3.8, 4) is 5.69 Å². The largest absolute Gasteiger partial charge is 0.294 e. The van der Waals surface area contributed by atoms with Crippen LogP contribution in [-0.4, -0.2) is 34.3 Å². The first-order valence-electron chi connectivity index (χ1n) is 9.32. The maximum atomic E-state index is 12.9. The molecule has 1 aliphatic rings. The first-order chi connectivity index (χ1) is 13.7. The molecule has 0 bridgehead atoms. The van der Waals surface area contributed by atoms with Gasteiger partial charge < -0.3 is 0 Å². The fourth-order valence-corrected chi connectivity index (χ4v) is 3.89. The minimum atomic E-state index is 0.0682. The first kappa shape index (κ1) is 16.7. The Labute approximate surface area is 163 Å². The van der Waals surface area contributed by atoms with Gasteiger partial charge in [0.2, 0.25) is 0 Å². The molecule has 3 aromatic carbocycles. The molecule has 5 nitrogen and oxygen atoms in total. The van der Waals surface area contributed by atoms with Crippen molar-refractivity contribution in [2.45, 2.75) is 6.54 Å². The Bertz CT molecular complexity index is 1160. The molecule has 138 valence electrons. The average Bonchev–Trinajstić information content (AvgIpc) is 3.29. The van der Waals surface area contributed by atoms with Gasteiger partial charge in [0.05, 0.1) is 24.2 Å². The molecule has 0 N–H and O–H groups in total. The van der Waals surface area contributed by atoms with E-state index in [1.807, 2.05) is 83.6 Å². The Balaban J connectivity index is 1.35. The number of anilines is 1. The second-order valence-electron chi connectivity index (χ2n) is 7.20. The molecule has 0 spiro atoms. The third-order valence-corrected chi connectivity index (χ3v) is 5.14. The van der Waals surface area contributed by atoms with Crippen LogP contribution in [-0.2, 0) is 6.54 Å². The number of carbonyl (C=O) groups excluding carboxylic acids is 1. The summed E-state index contributed by atoms with van der Waals surface area (Å²) in [6.45, 7) is 1.24. The molecule has 1 aliphatic heterocycles. The molecule has 1 amide bonds. The van der Waals surface area contributed by atoms with Crippen LogP contribution in [0, 0.1) is 0 Å². The van der Waals surface area contributed by atoms with E-state index in [1.54, 1.807) is 0 Å². The Morgan fingerprint density at radius 1 is 0.964 bits per heavy atom. The summed E-state index contributed by atoms with van der Waals surface area (Å²) in [4.78, 5) is 16.9. The third kappa shape index (κ3) is 2.77. The number of amides is 1. The highest BCUT2D eigenvalue weighted by atomic mass is 16.2.